The molecule has 0 bridgehead atoms. The minimum absolute atomic E-state index is 0.213. The number of carbonyl (C=O) groups is 2. The molecule has 0 saturated carbocycles. The largest absolute Gasteiger partial charge is 0.378 e. The van der Waals surface area contributed by atoms with Crippen molar-refractivity contribution in [3.63, 3.8) is 0 Å². The Kier molecular flexibility index (Phi) is 6.14. The number of nitrogens with zero attached hydrogens (tertiary/aromatic N) is 2. The number of ether oxygens (including phenoxy) is 1. The number of hydrogen-bond acceptors (Lipinski definition) is 4. The average Bonchev–Trinajstić information content (AvgIpc) is 2.68. The molecule has 6 nitrogen and oxygen atoms in total. The topological polar surface area (TPSA) is 71.5 Å². The highest BCUT2D eigenvalue weighted by atomic mass is 79.9. The van der Waals surface area contributed by atoms with Crippen LogP contribution in [0.25, 0.3) is 6.08 Å². The quantitative estimate of drug-likeness (QED) is 0.778. The predicted octanol–water partition coefficient (Wildman–Crippen LogP) is 2.47. The van der Waals surface area contributed by atoms with Crippen LogP contribution in [0.5, 0.6) is 0 Å². The van der Waals surface area contributed by atoms with Gasteiger partial charge < -0.3 is 15.0 Å². The Bertz CT molecular complexity index is 818. The molecule has 0 aliphatic carbocycles. The summed E-state index contributed by atoms with van der Waals surface area (Å²) in [5.41, 5.74) is 1.41. The predicted molar refractivity (Wildman–Crippen MR) is 101 cm³/mol. The van der Waals surface area contributed by atoms with E-state index in [0.29, 0.717) is 31.9 Å². The number of rotatable bonds is 4. The fourth-order valence-electron chi connectivity index (χ4n) is 2.54. The lowest BCUT2D eigenvalue weighted by Gasteiger charge is -2.27. The number of pyridine rings is 1. The summed E-state index contributed by atoms with van der Waals surface area (Å²) in [6, 6.07) is 10.6. The number of halogens is 1. The van der Waals surface area contributed by atoms with Crippen molar-refractivity contribution in [3.05, 3.63) is 70.1 Å². The summed E-state index contributed by atoms with van der Waals surface area (Å²) in [6.07, 6.45) is 4.93. The summed E-state index contributed by atoms with van der Waals surface area (Å²) in [4.78, 5) is 31.2. The average molecular weight is 416 g/mol. The number of aromatic nitrogens is 1. The standard InChI is InChI=1S/C19H18BrN3O3/c20-16-5-1-4-15(12-16)18(24)22-17(11-14-3-2-6-21-13-14)19(25)23-7-9-26-10-8-23/h1-6,11-13H,7-10H2,(H,22,24)/b17-11+. The van der Waals surface area contributed by atoms with Gasteiger partial charge in [-0.15, -0.1) is 0 Å². The SMILES string of the molecule is O=C(N/C(=C/c1cccnc1)C(=O)N1CCOCC1)c1cccc(Br)c1. The Hall–Kier alpha value is -2.51. The van der Waals surface area contributed by atoms with Crippen LogP contribution < -0.4 is 5.32 Å². The maximum atomic E-state index is 12.9. The van der Waals surface area contributed by atoms with Gasteiger partial charge >= 0.3 is 0 Å². The highest BCUT2D eigenvalue weighted by molar-refractivity contribution is 9.10. The molecule has 2 amide bonds. The van der Waals surface area contributed by atoms with Gasteiger partial charge in [0, 0.05) is 35.5 Å². The molecule has 0 spiro atoms. The first-order chi connectivity index (χ1) is 12.6. The summed E-state index contributed by atoms with van der Waals surface area (Å²) in [7, 11) is 0. The summed E-state index contributed by atoms with van der Waals surface area (Å²) >= 11 is 3.35. The van der Waals surface area contributed by atoms with E-state index in [2.05, 4.69) is 26.2 Å². The van der Waals surface area contributed by atoms with Gasteiger partial charge in [-0.05, 0) is 35.9 Å². The van der Waals surface area contributed by atoms with Crippen molar-refractivity contribution in [1.29, 1.82) is 0 Å². The molecule has 2 aromatic rings. The molecule has 1 N–H and O–H groups in total. The van der Waals surface area contributed by atoms with Crippen LogP contribution in [0.4, 0.5) is 0 Å². The van der Waals surface area contributed by atoms with Gasteiger partial charge in [0.1, 0.15) is 5.70 Å². The number of morpholine rings is 1. The van der Waals surface area contributed by atoms with Gasteiger partial charge in [0.25, 0.3) is 11.8 Å². The van der Waals surface area contributed by atoms with Crippen LogP contribution in [0.2, 0.25) is 0 Å². The third-order valence-corrected chi connectivity index (χ3v) is 4.35. The lowest BCUT2D eigenvalue weighted by Crippen LogP contribution is -2.44. The monoisotopic (exact) mass is 415 g/mol. The summed E-state index contributed by atoms with van der Waals surface area (Å²) in [5.74, 6) is -0.580. The molecule has 7 heteroatoms. The van der Waals surface area contributed by atoms with E-state index in [9.17, 15) is 9.59 Å². The van der Waals surface area contributed by atoms with Gasteiger partial charge in [0.2, 0.25) is 0 Å². The lowest BCUT2D eigenvalue weighted by atomic mass is 10.2. The summed E-state index contributed by atoms with van der Waals surface area (Å²) in [5, 5.41) is 2.75. The van der Waals surface area contributed by atoms with Crippen LogP contribution >= 0.6 is 15.9 Å². The molecular weight excluding hydrogens is 398 g/mol. The zero-order chi connectivity index (χ0) is 18.4. The van der Waals surface area contributed by atoms with E-state index in [4.69, 9.17) is 4.74 Å². The highest BCUT2D eigenvalue weighted by Crippen LogP contribution is 2.13. The van der Waals surface area contributed by atoms with Gasteiger partial charge in [0.05, 0.1) is 13.2 Å². The van der Waals surface area contributed by atoms with Gasteiger partial charge in [0.15, 0.2) is 0 Å². The number of benzene rings is 1. The first kappa shape index (κ1) is 18.3. The molecule has 1 aliphatic rings. The van der Waals surface area contributed by atoms with Crippen molar-refractivity contribution in [1.82, 2.24) is 15.2 Å². The lowest BCUT2D eigenvalue weighted by molar-refractivity contribution is -0.131. The minimum atomic E-state index is -0.344. The first-order valence-electron chi connectivity index (χ1n) is 8.19. The van der Waals surface area contributed by atoms with Crippen molar-refractivity contribution in [2.75, 3.05) is 26.3 Å². The van der Waals surface area contributed by atoms with E-state index in [0.717, 1.165) is 10.0 Å². The molecule has 1 aromatic heterocycles. The van der Waals surface area contributed by atoms with Crippen LogP contribution in [0.1, 0.15) is 15.9 Å². The van der Waals surface area contributed by atoms with Gasteiger partial charge in [-0.3, -0.25) is 14.6 Å². The van der Waals surface area contributed by atoms with Crippen LogP contribution in [0.3, 0.4) is 0 Å². The molecular formula is C19H18BrN3O3. The Labute approximate surface area is 160 Å². The van der Waals surface area contributed by atoms with Crippen LogP contribution in [-0.4, -0.2) is 48.0 Å². The molecule has 1 aliphatic heterocycles. The van der Waals surface area contributed by atoms with E-state index in [-0.39, 0.29) is 17.5 Å². The molecule has 0 atom stereocenters. The van der Waals surface area contributed by atoms with Crippen molar-refractivity contribution >= 4 is 33.8 Å². The molecule has 1 saturated heterocycles. The third kappa shape index (κ3) is 4.77. The van der Waals surface area contributed by atoms with E-state index < -0.39 is 0 Å². The van der Waals surface area contributed by atoms with E-state index >= 15 is 0 Å². The second-order valence-corrected chi connectivity index (χ2v) is 6.63. The minimum Gasteiger partial charge on any atom is -0.378 e. The number of amides is 2. The Morgan fingerprint density at radius 3 is 2.69 bits per heavy atom. The molecule has 2 heterocycles. The van der Waals surface area contributed by atoms with Crippen molar-refractivity contribution in [2.45, 2.75) is 0 Å². The fraction of sp³-hybridized carbons (Fsp3) is 0.211. The number of nitrogens with one attached hydrogen (secondary N) is 1. The molecule has 3 rings (SSSR count). The normalized spacial score (nSPS) is 14.8. The number of hydrogen-bond donors (Lipinski definition) is 1. The summed E-state index contributed by atoms with van der Waals surface area (Å²) in [6.45, 7) is 1.98. The van der Waals surface area contributed by atoms with Crippen LogP contribution in [0, 0.1) is 0 Å². The fourth-order valence-corrected chi connectivity index (χ4v) is 2.94. The Morgan fingerprint density at radius 2 is 2.00 bits per heavy atom. The number of carbonyl (C=O) groups excluding carboxylic acids is 2. The van der Waals surface area contributed by atoms with Gasteiger partial charge in [-0.25, -0.2) is 0 Å². The maximum absolute atomic E-state index is 12.9. The van der Waals surface area contributed by atoms with Crippen molar-refractivity contribution < 1.29 is 14.3 Å². The molecule has 26 heavy (non-hydrogen) atoms. The molecule has 0 radical (unpaired) electrons. The van der Waals surface area contributed by atoms with Crippen LogP contribution in [-0.2, 0) is 9.53 Å². The molecule has 1 aromatic carbocycles. The molecule has 134 valence electrons. The van der Waals surface area contributed by atoms with Crippen molar-refractivity contribution in [3.8, 4) is 0 Å². The Morgan fingerprint density at radius 1 is 1.19 bits per heavy atom. The van der Waals surface area contributed by atoms with E-state index in [1.54, 1.807) is 47.6 Å². The Balaban J connectivity index is 1.86. The van der Waals surface area contributed by atoms with Crippen LogP contribution in [0.15, 0.2) is 59.0 Å². The maximum Gasteiger partial charge on any atom is 0.270 e. The van der Waals surface area contributed by atoms with Crippen molar-refractivity contribution in [2.24, 2.45) is 0 Å². The van der Waals surface area contributed by atoms with Gasteiger partial charge in [-0.2, -0.15) is 0 Å². The molecule has 1 fully saturated rings. The third-order valence-electron chi connectivity index (χ3n) is 3.86. The smallest absolute Gasteiger partial charge is 0.270 e. The highest BCUT2D eigenvalue weighted by Gasteiger charge is 2.22. The summed E-state index contributed by atoms with van der Waals surface area (Å²) < 4.78 is 6.09. The molecule has 0 unspecified atom stereocenters. The zero-order valence-corrected chi connectivity index (χ0v) is 15.6. The van der Waals surface area contributed by atoms with E-state index in [1.807, 2.05) is 12.1 Å². The van der Waals surface area contributed by atoms with E-state index in [1.165, 1.54) is 0 Å². The van der Waals surface area contributed by atoms with Gasteiger partial charge in [-0.1, -0.05) is 28.1 Å². The second kappa shape index (κ2) is 8.73. The first-order valence-corrected chi connectivity index (χ1v) is 8.98. The zero-order valence-electron chi connectivity index (χ0n) is 14.0. The second-order valence-electron chi connectivity index (χ2n) is 5.71.